The van der Waals surface area contributed by atoms with Crippen LogP contribution in [0.3, 0.4) is 0 Å². The maximum Gasteiger partial charge on any atom is 0.411 e. The number of nitrogens with zero attached hydrogens (tertiary/aromatic N) is 2. The molecule has 2 aliphatic rings. The lowest BCUT2D eigenvalue weighted by atomic mass is 9.94. The minimum absolute atomic E-state index is 0.167. The summed E-state index contributed by atoms with van der Waals surface area (Å²) in [5, 5.41) is 9.87. The Morgan fingerprint density at radius 3 is 2.36 bits per heavy atom. The molecule has 2 unspecified atom stereocenters. The summed E-state index contributed by atoms with van der Waals surface area (Å²) in [6.07, 6.45) is 2.16. The van der Waals surface area contributed by atoms with Gasteiger partial charge in [0.25, 0.3) is 0 Å². The molecule has 1 N–H and O–H groups in total. The molecule has 0 bridgehead atoms. The lowest BCUT2D eigenvalue weighted by Crippen LogP contribution is -2.59. The molecule has 0 aromatic rings. The molecule has 2 fully saturated rings. The molecule has 1 aliphatic heterocycles. The molecular weight excluding hydrogens is 284 g/mol. The molecule has 6 nitrogen and oxygen atoms in total. The van der Waals surface area contributed by atoms with Crippen molar-refractivity contribution < 1.29 is 19.4 Å². The summed E-state index contributed by atoms with van der Waals surface area (Å²) in [5.41, 5.74) is -1.82. The van der Waals surface area contributed by atoms with Gasteiger partial charge >= 0.3 is 12.1 Å². The van der Waals surface area contributed by atoms with Gasteiger partial charge in [0.05, 0.1) is 0 Å². The van der Waals surface area contributed by atoms with Gasteiger partial charge in [-0.15, -0.1) is 0 Å². The van der Waals surface area contributed by atoms with Crippen molar-refractivity contribution >= 4 is 12.1 Å². The smallest absolute Gasteiger partial charge is 0.411 e. The highest BCUT2D eigenvalue weighted by atomic mass is 16.6. The van der Waals surface area contributed by atoms with E-state index < -0.39 is 23.2 Å². The van der Waals surface area contributed by atoms with Crippen LogP contribution in [0.2, 0.25) is 0 Å². The molecule has 1 aliphatic carbocycles. The maximum absolute atomic E-state index is 12.5. The van der Waals surface area contributed by atoms with Gasteiger partial charge < -0.3 is 9.84 Å². The molecule has 2 atom stereocenters. The monoisotopic (exact) mass is 312 g/mol. The van der Waals surface area contributed by atoms with E-state index in [-0.39, 0.29) is 6.04 Å². The lowest BCUT2D eigenvalue weighted by molar-refractivity contribution is -0.150. The fourth-order valence-electron chi connectivity index (χ4n) is 3.41. The third-order valence-electron chi connectivity index (χ3n) is 4.50. The standard InChI is InChI=1S/C16H28N2O4/c1-6-18(14(21)22-15(3,4)5)16(13(19)20)9-11(2)17(10-16)12-7-8-12/h11-12H,6-10H2,1-5H3,(H,19,20). The zero-order valence-electron chi connectivity index (χ0n) is 14.3. The third-order valence-corrected chi connectivity index (χ3v) is 4.50. The number of carbonyl (C=O) groups excluding carboxylic acids is 1. The van der Waals surface area contributed by atoms with Gasteiger partial charge in [-0.1, -0.05) is 0 Å². The second-order valence-corrected chi connectivity index (χ2v) is 7.52. The van der Waals surface area contributed by atoms with E-state index in [1.54, 1.807) is 27.7 Å². The van der Waals surface area contributed by atoms with Crippen LogP contribution in [0.4, 0.5) is 4.79 Å². The number of amides is 1. The number of carbonyl (C=O) groups is 2. The number of likely N-dealkylation sites (N-methyl/N-ethyl adjacent to an activating group) is 1. The van der Waals surface area contributed by atoms with Crippen LogP contribution < -0.4 is 0 Å². The maximum atomic E-state index is 12.5. The molecule has 1 amide bonds. The molecule has 0 aromatic carbocycles. The largest absolute Gasteiger partial charge is 0.479 e. The van der Waals surface area contributed by atoms with E-state index >= 15 is 0 Å². The molecule has 2 rings (SSSR count). The van der Waals surface area contributed by atoms with Gasteiger partial charge in [0, 0.05) is 25.2 Å². The first-order valence-corrected chi connectivity index (χ1v) is 8.10. The van der Waals surface area contributed by atoms with Crippen LogP contribution in [-0.4, -0.2) is 63.3 Å². The first kappa shape index (κ1) is 17.1. The summed E-state index contributed by atoms with van der Waals surface area (Å²) >= 11 is 0. The van der Waals surface area contributed by atoms with E-state index in [1.807, 2.05) is 6.92 Å². The van der Waals surface area contributed by atoms with E-state index in [0.717, 1.165) is 12.8 Å². The Hall–Kier alpha value is -1.30. The Kier molecular flexibility index (Phi) is 4.44. The van der Waals surface area contributed by atoms with Crippen molar-refractivity contribution in [3.05, 3.63) is 0 Å². The Bertz CT molecular complexity index is 456. The van der Waals surface area contributed by atoms with Crippen molar-refractivity contribution in [3.63, 3.8) is 0 Å². The normalized spacial score (nSPS) is 29.4. The zero-order valence-corrected chi connectivity index (χ0v) is 14.3. The van der Waals surface area contributed by atoms with Crippen LogP contribution >= 0.6 is 0 Å². The van der Waals surface area contributed by atoms with Gasteiger partial charge in [-0.3, -0.25) is 9.80 Å². The van der Waals surface area contributed by atoms with Gasteiger partial charge in [0.1, 0.15) is 5.60 Å². The predicted octanol–water partition coefficient (Wildman–Crippen LogP) is 2.32. The van der Waals surface area contributed by atoms with Crippen LogP contribution in [0.15, 0.2) is 0 Å². The summed E-state index contributed by atoms with van der Waals surface area (Å²) in [6.45, 7) is 9.94. The molecule has 0 aromatic heterocycles. The van der Waals surface area contributed by atoms with E-state index in [1.165, 1.54) is 4.90 Å². The van der Waals surface area contributed by atoms with E-state index in [2.05, 4.69) is 4.90 Å². The van der Waals surface area contributed by atoms with Crippen molar-refractivity contribution in [2.45, 2.75) is 77.1 Å². The van der Waals surface area contributed by atoms with Crippen molar-refractivity contribution in [2.75, 3.05) is 13.1 Å². The summed E-state index contributed by atoms with van der Waals surface area (Å²) in [6, 6.07) is 0.647. The van der Waals surface area contributed by atoms with Gasteiger partial charge in [0.2, 0.25) is 0 Å². The van der Waals surface area contributed by atoms with Crippen LogP contribution in [-0.2, 0) is 9.53 Å². The second kappa shape index (κ2) is 5.72. The quantitative estimate of drug-likeness (QED) is 0.862. The number of likely N-dealkylation sites (tertiary alicyclic amines) is 1. The second-order valence-electron chi connectivity index (χ2n) is 7.52. The minimum atomic E-state index is -1.18. The zero-order chi connectivity index (χ0) is 16.7. The fourth-order valence-corrected chi connectivity index (χ4v) is 3.41. The van der Waals surface area contributed by atoms with Crippen LogP contribution in [0.5, 0.6) is 0 Å². The molecule has 6 heteroatoms. The number of hydrogen-bond acceptors (Lipinski definition) is 4. The van der Waals surface area contributed by atoms with E-state index in [0.29, 0.717) is 25.6 Å². The Labute approximate surface area is 132 Å². The number of rotatable bonds is 4. The first-order valence-electron chi connectivity index (χ1n) is 8.10. The van der Waals surface area contributed by atoms with Gasteiger partial charge in [0.15, 0.2) is 5.54 Å². The van der Waals surface area contributed by atoms with Crippen LogP contribution in [0.25, 0.3) is 0 Å². The highest BCUT2D eigenvalue weighted by molar-refractivity contribution is 5.85. The average molecular weight is 312 g/mol. The molecule has 126 valence electrons. The molecular formula is C16H28N2O4. The fraction of sp³-hybridized carbons (Fsp3) is 0.875. The van der Waals surface area contributed by atoms with Crippen molar-refractivity contribution in [3.8, 4) is 0 Å². The Morgan fingerprint density at radius 1 is 1.36 bits per heavy atom. The number of hydrogen-bond donors (Lipinski definition) is 1. The molecule has 22 heavy (non-hydrogen) atoms. The molecule has 1 saturated carbocycles. The Morgan fingerprint density at radius 2 is 1.95 bits per heavy atom. The number of carboxylic acids is 1. The number of ether oxygens (including phenoxy) is 1. The SMILES string of the molecule is CCN(C(=O)OC(C)(C)C)C1(C(=O)O)CC(C)N(C2CC2)C1. The van der Waals surface area contributed by atoms with Crippen molar-refractivity contribution in [2.24, 2.45) is 0 Å². The number of aliphatic carboxylic acids is 1. The molecule has 1 saturated heterocycles. The molecule has 1 heterocycles. The Balaban J connectivity index is 2.25. The summed E-state index contributed by atoms with van der Waals surface area (Å²) < 4.78 is 5.43. The highest BCUT2D eigenvalue weighted by Gasteiger charge is 2.56. The van der Waals surface area contributed by atoms with Crippen molar-refractivity contribution in [1.29, 1.82) is 0 Å². The number of carboxylic acid groups (broad SMARTS) is 1. The van der Waals surface area contributed by atoms with Gasteiger partial charge in [-0.2, -0.15) is 0 Å². The molecule has 0 spiro atoms. The van der Waals surface area contributed by atoms with Crippen LogP contribution in [0.1, 0.15) is 53.9 Å². The van der Waals surface area contributed by atoms with Gasteiger partial charge in [-0.05, 0) is 53.9 Å². The topological polar surface area (TPSA) is 70.1 Å². The van der Waals surface area contributed by atoms with Crippen molar-refractivity contribution in [1.82, 2.24) is 9.80 Å². The average Bonchev–Trinajstić information content (AvgIpc) is 3.12. The van der Waals surface area contributed by atoms with E-state index in [9.17, 15) is 14.7 Å². The third kappa shape index (κ3) is 3.21. The summed E-state index contributed by atoms with van der Waals surface area (Å²) in [4.78, 5) is 28.2. The van der Waals surface area contributed by atoms with Gasteiger partial charge in [-0.25, -0.2) is 9.59 Å². The summed E-state index contributed by atoms with van der Waals surface area (Å²) in [5.74, 6) is -0.935. The molecule has 0 radical (unpaired) electrons. The predicted molar refractivity (Wildman–Crippen MR) is 82.8 cm³/mol. The summed E-state index contributed by atoms with van der Waals surface area (Å²) in [7, 11) is 0. The first-order chi connectivity index (χ1) is 10.1. The minimum Gasteiger partial charge on any atom is -0.479 e. The lowest BCUT2D eigenvalue weighted by Gasteiger charge is -2.38. The van der Waals surface area contributed by atoms with E-state index in [4.69, 9.17) is 4.74 Å². The highest BCUT2D eigenvalue weighted by Crippen LogP contribution is 2.40. The van der Waals surface area contributed by atoms with Crippen LogP contribution in [0, 0.1) is 0 Å².